The quantitative estimate of drug-likeness (QED) is 0.491. The molecule has 4 aromatic rings. The summed E-state index contributed by atoms with van der Waals surface area (Å²) in [5.41, 5.74) is 8.81. The Morgan fingerprint density at radius 2 is 1.67 bits per heavy atom. The first-order valence-electron chi connectivity index (χ1n) is 8.00. The summed E-state index contributed by atoms with van der Waals surface area (Å²) in [6.07, 6.45) is 0.964. The SMILES string of the molecule is Cc1[nH]c2c(c1-c1nnc(-c3ccccc3)s1)Cc1ccccc1-2. The Hall–Kier alpha value is -2.72. The fourth-order valence-corrected chi connectivity index (χ4v) is 4.48. The smallest absolute Gasteiger partial charge is 0.150 e. The summed E-state index contributed by atoms with van der Waals surface area (Å²) in [4.78, 5) is 3.57. The summed E-state index contributed by atoms with van der Waals surface area (Å²) in [5, 5.41) is 10.9. The average molecular weight is 329 g/mol. The molecule has 0 aliphatic heterocycles. The minimum absolute atomic E-state index is 0.964. The Balaban J connectivity index is 1.63. The molecule has 0 unspecified atom stereocenters. The van der Waals surface area contributed by atoms with E-state index in [0.717, 1.165) is 22.0 Å². The van der Waals surface area contributed by atoms with Gasteiger partial charge in [-0.25, -0.2) is 0 Å². The van der Waals surface area contributed by atoms with Crippen molar-refractivity contribution >= 4 is 11.3 Å². The van der Waals surface area contributed by atoms with E-state index in [2.05, 4.69) is 58.5 Å². The van der Waals surface area contributed by atoms with Crippen LogP contribution < -0.4 is 0 Å². The van der Waals surface area contributed by atoms with E-state index in [1.54, 1.807) is 11.3 Å². The van der Waals surface area contributed by atoms with Gasteiger partial charge >= 0.3 is 0 Å². The molecule has 2 heterocycles. The molecule has 4 heteroatoms. The zero-order valence-electron chi connectivity index (χ0n) is 13.2. The summed E-state index contributed by atoms with van der Waals surface area (Å²) < 4.78 is 0. The molecular formula is C20H15N3S. The van der Waals surface area contributed by atoms with Crippen molar-refractivity contribution in [2.24, 2.45) is 0 Å². The van der Waals surface area contributed by atoms with Gasteiger partial charge in [-0.05, 0) is 18.1 Å². The van der Waals surface area contributed by atoms with Crippen LogP contribution in [0.2, 0.25) is 0 Å². The number of aryl methyl sites for hydroxylation is 1. The van der Waals surface area contributed by atoms with Crippen LogP contribution in [0.25, 0.3) is 32.4 Å². The van der Waals surface area contributed by atoms with E-state index in [0.29, 0.717) is 0 Å². The minimum atomic E-state index is 0.964. The Bertz CT molecular complexity index is 1040. The van der Waals surface area contributed by atoms with Gasteiger partial charge in [0.1, 0.15) is 10.0 Å². The summed E-state index contributed by atoms with van der Waals surface area (Å²) in [7, 11) is 0. The maximum atomic E-state index is 4.48. The van der Waals surface area contributed by atoms with Crippen LogP contribution in [0.4, 0.5) is 0 Å². The number of aromatic nitrogens is 3. The molecule has 0 saturated carbocycles. The van der Waals surface area contributed by atoms with Crippen molar-refractivity contribution in [3.8, 4) is 32.4 Å². The van der Waals surface area contributed by atoms with E-state index in [9.17, 15) is 0 Å². The lowest BCUT2D eigenvalue weighted by atomic mass is 10.1. The number of benzene rings is 2. The topological polar surface area (TPSA) is 41.6 Å². The zero-order valence-corrected chi connectivity index (χ0v) is 14.0. The van der Waals surface area contributed by atoms with E-state index >= 15 is 0 Å². The van der Waals surface area contributed by atoms with Crippen molar-refractivity contribution < 1.29 is 0 Å². The average Bonchev–Trinajstić information content (AvgIpc) is 3.29. The van der Waals surface area contributed by atoms with E-state index in [1.165, 1.54) is 33.6 Å². The first-order valence-corrected chi connectivity index (χ1v) is 8.82. The normalized spacial score (nSPS) is 12.2. The Morgan fingerprint density at radius 3 is 2.54 bits per heavy atom. The van der Waals surface area contributed by atoms with Crippen molar-refractivity contribution in [2.75, 3.05) is 0 Å². The largest absolute Gasteiger partial charge is 0.358 e. The first-order chi connectivity index (χ1) is 11.8. The first kappa shape index (κ1) is 13.7. The van der Waals surface area contributed by atoms with Gasteiger partial charge in [-0.3, -0.25) is 0 Å². The van der Waals surface area contributed by atoms with Crippen molar-refractivity contribution in [1.29, 1.82) is 0 Å². The molecule has 0 radical (unpaired) electrons. The molecule has 1 aliphatic carbocycles. The van der Waals surface area contributed by atoms with Crippen LogP contribution in [-0.4, -0.2) is 15.2 Å². The van der Waals surface area contributed by atoms with Crippen molar-refractivity contribution in [3.63, 3.8) is 0 Å². The molecule has 0 bridgehead atoms. The molecule has 0 spiro atoms. The van der Waals surface area contributed by atoms with Gasteiger partial charge in [0.25, 0.3) is 0 Å². The molecule has 0 fully saturated rings. The Labute approximate surface area is 144 Å². The maximum absolute atomic E-state index is 4.48. The van der Waals surface area contributed by atoms with Crippen LogP contribution in [0.1, 0.15) is 16.8 Å². The highest BCUT2D eigenvalue weighted by Crippen LogP contribution is 2.44. The molecule has 0 atom stereocenters. The standard InChI is InChI=1S/C20H15N3S/c1-12-17(16-11-14-9-5-6-10-15(14)18(16)21-12)20-23-22-19(24-20)13-7-3-2-4-8-13/h2-10,21H,11H2,1H3. The minimum Gasteiger partial charge on any atom is -0.358 e. The summed E-state index contributed by atoms with van der Waals surface area (Å²) in [6, 6.07) is 18.8. The van der Waals surface area contributed by atoms with Gasteiger partial charge in [-0.15, -0.1) is 10.2 Å². The number of hydrogen-bond donors (Lipinski definition) is 1. The molecular weight excluding hydrogens is 314 g/mol. The second-order valence-corrected chi connectivity index (χ2v) is 7.07. The molecule has 116 valence electrons. The van der Waals surface area contributed by atoms with Crippen molar-refractivity contribution in [2.45, 2.75) is 13.3 Å². The van der Waals surface area contributed by atoms with Crippen LogP contribution in [0, 0.1) is 6.92 Å². The molecule has 0 amide bonds. The molecule has 2 aromatic heterocycles. The van der Waals surface area contributed by atoms with Crippen molar-refractivity contribution in [3.05, 3.63) is 71.4 Å². The third kappa shape index (κ3) is 1.96. The molecule has 1 aliphatic rings. The third-order valence-electron chi connectivity index (χ3n) is 4.60. The van der Waals surface area contributed by atoms with Crippen LogP contribution in [0.3, 0.4) is 0 Å². The Morgan fingerprint density at radius 1 is 0.917 bits per heavy atom. The van der Waals surface area contributed by atoms with Crippen LogP contribution >= 0.6 is 11.3 Å². The number of hydrogen-bond acceptors (Lipinski definition) is 3. The van der Waals surface area contributed by atoms with E-state index in [1.807, 2.05) is 18.2 Å². The number of nitrogens with zero attached hydrogens (tertiary/aromatic N) is 2. The zero-order chi connectivity index (χ0) is 16.1. The van der Waals surface area contributed by atoms with E-state index in [-0.39, 0.29) is 0 Å². The van der Waals surface area contributed by atoms with Crippen molar-refractivity contribution in [1.82, 2.24) is 15.2 Å². The van der Waals surface area contributed by atoms with E-state index < -0.39 is 0 Å². The molecule has 0 saturated heterocycles. The summed E-state index contributed by atoms with van der Waals surface area (Å²) >= 11 is 1.66. The fourth-order valence-electron chi connectivity index (χ4n) is 3.50. The van der Waals surface area contributed by atoms with Crippen LogP contribution in [0.5, 0.6) is 0 Å². The van der Waals surface area contributed by atoms with Gasteiger partial charge in [-0.2, -0.15) is 0 Å². The molecule has 24 heavy (non-hydrogen) atoms. The van der Waals surface area contributed by atoms with Crippen LogP contribution in [0.15, 0.2) is 54.6 Å². The number of H-pyrrole nitrogens is 1. The second kappa shape index (κ2) is 5.14. The maximum Gasteiger partial charge on any atom is 0.150 e. The third-order valence-corrected chi connectivity index (χ3v) is 5.59. The van der Waals surface area contributed by atoms with Gasteiger partial charge in [0.15, 0.2) is 0 Å². The Kier molecular flexibility index (Phi) is 2.94. The van der Waals surface area contributed by atoms with E-state index in [4.69, 9.17) is 0 Å². The fraction of sp³-hybridized carbons (Fsp3) is 0.100. The lowest BCUT2D eigenvalue weighted by Gasteiger charge is -2.00. The molecule has 3 nitrogen and oxygen atoms in total. The number of rotatable bonds is 2. The lowest BCUT2D eigenvalue weighted by molar-refractivity contribution is 1.09. The lowest BCUT2D eigenvalue weighted by Crippen LogP contribution is -1.86. The summed E-state index contributed by atoms with van der Waals surface area (Å²) in [6.45, 7) is 2.12. The van der Waals surface area contributed by atoms with Gasteiger partial charge in [0.05, 0.1) is 5.69 Å². The molecule has 5 rings (SSSR count). The van der Waals surface area contributed by atoms with Gasteiger partial charge < -0.3 is 4.98 Å². The predicted molar refractivity (Wildman–Crippen MR) is 98.1 cm³/mol. The predicted octanol–water partition coefficient (Wildman–Crippen LogP) is 5.08. The molecule has 1 N–H and O–H groups in total. The van der Waals surface area contributed by atoms with Gasteiger partial charge in [0, 0.05) is 28.8 Å². The number of aromatic amines is 1. The highest BCUT2D eigenvalue weighted by atomic mass is 32.1. The molecule has 2 aromatic carbocycles. The summed E-state index contributed by atoms with van der Waals surface area (Å²) in [5.74, 6) is 0. The highest BCUT2D eigenvalue weighted by molar-refractivity contribution is 7.18. The van der Waals surface area contributed by atoms with Crippen LogP contribution in [-0.2, 0) is 6.42 Å². The second-order valence-electron chi connectivity index (χ2n) is 6.09. The number of fused-ring (bicyclic) bond motifs is 3. The van der Waals surface area contributed by atoms with Gasteiger partial charge in [-0.1, -0.05) is 65.9 Å². The highest BCUT2D eigenvalue weighted by Gasteiger charge is 2.27. The number of nitrogens with one attached hydrogen (secondary N) is 1. The monoisotopic (exact) mass is 329 g/mol. The van der Waals surface area contributed by atoms with Gasteiger partial charge in [0.2, 0.25) is 0 Å².